The average molecular weight is 423 g/mol. The zero-order valence-electron chi connectivity index (χ0n) is 16.2. The monoisotopic (exact) mass is 422 g/mol. The van der Waals surface area contributed by atoms with E-state index in [1.807, 2.05) is 37.3 Å². The standard InChI is InChI=1S/C20H19ClN8O/c1-12-9-19(27-26-12)24-18-11-17(21)23-20(25-18)29-8-4-6-15(29)16-10-14(28-30-16)13-5-2-3-7-22-13/h2-3,5,7,9-11,15H,4,6,8H2,1H3,(H2,23,24,25,26,27)/t15-/m0/s1. The van der Waals surface area contributed by atoms with Crippen molar-refractivity contribution >= 4 is 29.2 Å². The molecule has 5 heterocycles. The molecule has 0 aromatic carbocycles. The lowest BCUT2D eigenvalue weighted by molar-refractivity contribution is 0.362. The Morgan fingerprint density at radius 3 is 2.90 bits per heavy atom. The normalized spacial score (nSPS) is 16.2. The van der Waals surface area contributed by atoms with Crippen LogP contribution in [0.15, 0.2) is 47.1 Å². The lowest BCUT2D eigenvalue weighted by Gasteiger charge is -2.23. The van der Waals surface area contributed by atoms with Gasteiger partial charge >= 0.3 is 0 Å². The van der Waals surface area contributed by atoms with Crippen LogP contribution in [0.4, 0.5) is 17.6 Å². The number of nitrogens with one attached hydrogen (secondary N) is 2. The van der Waals surface area contributed by atoms with Gasteiger partial charge < -0.3 is 14.7 Å². The highest BCUT2D eigenvalue weighted by atomic mass is 35.5. The van der Waals surface area contributed by atoms with Crippen LogP contribution in [-0.4, -0.2) is 36.9 Å². The molecule has 1 aliphatic heterocycles. The van der Waals surface area contributed by atoms with E-state index in [-0.39, 0.29) is 6.04 Å². The minimum atomic E-state index is -0.0195. The molecule has 2 N–H and O–H groups in total. The minimum absolute atomic E-state index is 0.0195. The molecule has 0 bridgehead atoms. The van der Waals surface area contributed by atoms with E-state index in [0.717, 1.165) is 36.5 Å². The van der Waals surface area contributed by atoms with Gasteiger partial charge in [0.15, 0.2) is 11.6 Å². The van der Waals surface area contributed by atoms with Gasteiger partial charge in [0.2, 0.25) is 5.95 Å². The lowest BCUT2D eigenvalue weighted by atomic mass is 10.1. The van der Waals surface area contributed by atoms with E-state index in [2.05, 4.69) is 40.5 Å². The number of hydrogen-bond acceptors (Lipinski definition) is 8. The summed E-state index contributed by atoms with van der Waals surface area (Å²) in [7, 11) is 0. The maximum absolute atomic E-state index is 6.29. The Balaban J connectivity index is 1.42. The van der Waals surface area contributed by atoms with Crippen molar-refractivity contribution in [2.45, 2.75) is 25.8 Å². The Morgan fingerprint density at radius 1 is 1.17 bits per heavy atom. The third-order valence-electron chi connectivity index (χ3n) is 4.94. The molecule has 0 unspecified atom stereocenters. The molecule has 10 heteroatoms. The number of halogens is 1. The van der Waals surface area contributed by atoms with Gasteiger partial charge in [0.25, 0.3) is 0 Å². The Hall–Kier alpha value is -3.46. The van der Waals surface area contributed by atoms with Crippen LogP contribution >= 0.6 is 11.6 Å². The summed E-state index contributed by atoms with van der Waals surface area (Å²) in [6.45, 7) is 2.73. The van der Waals surface area contributed by atoms with E-state index in [9.17, 15) is 0 Å². The van der Waals surface area contributed by atoms with Gasteiger partial charge in [-0.15, -0.1) is 0 Å². The largest absolute Gasteiger partial charge is 0.358 e. The fourth-order valence-electron chi connectivity index (χ4n) is 3.59. The number of aryl methyl sites for hydroxylation is 1. The summed E-state index contributed by atoms with van der Waals surface area (Å²) in [6.07, 6.45) is 3.64. The van der Waals surface area contributed by atoms with E-state index in [1.165, 1.54) is 0 Å². The van der Waals surface area contributed by atoms with Gasteiger partial charge in [-0.1, -0.05) is 22.8 Å². The second-order valence-corrected chi connectivity index (χ2v) is 7.51. The lowest BCUT2D eigenvalue weighted by Crippen LogP contribution is -2.24. The predicted molar refractivity (Wildman–Crippen MR) is 113 cm³/mol. The molecule has 30 heavy (non-hydrogen) atoms. The van der Waals surface area contributed by atoms with Crippen LogP contribution in [0.25, 0.3) is 11.4 Å². The zero-order valence-corrected chi connectivity index (χ0v) is 17.0. The number of hydrogen-bond donors (Lipinski definition) is 2. The first-order chi connectivity index (χ1) is 14.7. The topological polar surface area (TPSA) is 109 Å². The van der Waals surface area contributed by atoms with Crippen molar-refractivity contribution in [3.05, 3.63) is 59.2 Å². The van der Waals surface area contributed by atoms with Crippen LogP contribution in [0, 0.1) is 6.92 Å². The van der Waals surface area contributed by atoms with Crippen LogP contribution in [0.5, 0.6) is 0 Å². The van der Waals surface area contributed by atoms with Crippen LogP contribution in [0.1, 0.15) is 30.3 Å². The number of aromatic nitrogens is 6. The van der Waals surface area contributed by atoms with Crippen molar-refractivity contribution in [3.8, 4) is 11.4 Å². The molecular formula is C20H19ClN8O. The van der Waals surface area contributed by atoms with Crippen LogP contribution in [0.2, 0.25) is 5.15 Å². The highest BCUT2D eigenvalue weighted by Crippen LogP contribution is 2.36. The third-order valence-corrected chi connectivity index (χ3v) is 5.13. The molecule has 5 rings (SSSR count). The molecule has 0 radical (unpaired) electrons. The number of rotatable bonds is 5. The summed E-state index contributed by atoms with van der Waals surface area (Å²) in [5.41, 5.74) is 2.43. The number of aromatic amines is 1. The number of anilines is 3. The second kappa shape index (κ2) is 7.75. The average Bonchev–Trinajstić information content (AvgIpc) is 3.48. The Morgan fingerprint density at radius 2 is 2.10 bits per heavy atom. The first-order valence-corrected chi connectivity index (χ1v) is 10.0. The van der Waals surface area contributed by atoms with Crippen LogP contribution < -0.4 is 10.2 Å². The fraction of sp³-hybridized carbons (Fsp3) is 0.250. The van der Waals surface area contributed by atoms with E-state index in [4.69, 9.17) is 16.1 Å². The molecule has 0 amide bonds. The Kier molecular flexibility index (Phi) is 4.80. The summed E-state index contributed by atoms with van der Waals surface area (Å²) in [6, 6.07) is 11.2. The molecule has 4 aromatic rings. The Bertz CT molecular complexity index is 1160. The maximum Gasteiger partial charge on any atom is 0.229 e. The number of H-pyrrole nitrogens is 1. The Labute approximate surface area is 177 Å². The molecule has 1 fully saturated rings. The fourth-order valence-corrected chi connectivity index (χ4v) is 3.77. The summed E-state index contributed by atoms with van der Waals surface area (Å²) in [4.78, 5) is 15.5. The number of nitrogens with zero attached hydrogens (tertiary/aromatic N) is 6. The number of pyridine rings is 1. The quantitative estimate of drug-likeness (QED) is 0.458. The van der Waals surface area contributed by atoms with E-state index < -0.39 is 0 Å². The molecule has 0 aliphatic carbocycles. The van der Waals surface area contributed by atoms with Crippen LogP contribution in [0.3, 0.4) is 0 Å². The SMILES string of the molecule is Cc1cc(Nc2cc(Cl)nc(N3CCC[C@H]3c3cc(-c4ccccn4)no3)n2)n[nH]1. The van der Waals surface area contributed by atoms with Crippen molar-refractivity contribution < 1.29 is 4.52 Å². The maximum atomic E-state index is 6.29. The summed E-state index contributed by atoms with van der Waals surface area (Å²) in [5, 5.41) is 14.8. The van der Waals surface area contributed by atoms with E-state index in [0.29, 0.717) is 28.4 Å². The van der Waals surface area contributed by atoms with E-state index >= 15 is 0 Å². The molecule has 4 aromatic heterocycles. The predicted octanol–water partition coefficient (Wildman–Crippen LogP) is 4.30. The third kappa shape index (κ3) is 3.71. The summed E-state index contributed by atoms with van der Waals surface area (Å²) in [5.74, 6) is 2.54. The van der Waals surface area contributed by atoms with Gasteiger partial charge in [0.1, 0.15) is 16.7 Å². The van der Waals surface area contributed by atoms with E-state index in [1.54, 1.807) is 12.3 Å². The molecule has 1 aliphatic rings. The van der Waals surface area contributed by atoms with Gasteiger partial charge in [0, 0.05) is 36.6 Å². The van der Waals surface area contributed by atoms with Gasteiger partial charge in [-0.2, -0.15) is 10.1 Å². The van der Waals surface area contributed by atoms with Crippen molar-refractivity contribution in [1.29, 1.82) is 0 Å². The second-order valence-electron chi connectivity index (χ2n) is 7.12. The molecule has 0 spiro atoms. The highest BCUT2D eigenvalue weighted by Gasteiger charge is 2.32. The molecule has 1 saturated heterocycles. The molecule has 9 nitrogen and oxygen atoms in total. The van der Waals surface area contributed by atoms with Crippen molar-refractivity contribution in [2.75, 3.05) is 16.8 Å². The first-order valence-electron chi connectivity index (χ1n) is 9.64. The minimum Gasteiger partial charge on any atom is -0.358 e. The summed E-state index contributed by atoms with van der Waals surface area (Å²) < 4.78 is 5.66. The van der Waals surface area contributed by atoms with Crippen molar-refractivity contribution in [2.24, 2.45) is 0 Å². The molecule has 1 atom stereocenters. The van der Waals surface area contributed by atoms with Gasteiger partial charge in [-0.3, -0.25) is 10.1 Å². The summed E-state index contributed by atoms with van der Waals surface area (Å²) >= 11 is 6.29. The van der Waals surface area contributed by atoms with Gasteiger partial charge in [0.05, 0.1) is 11.7 Å². The van der Waals surface area contributed by atoms with Gasteiger partial charge in [-0.05, 0) is 31.9 Å². The smallest absolute Gasteiger partial charge is 0.229 e. The first kappa shape index (κ1) is 18.6. The zero-order chi connectivity index (χ0) is 20.5. The van der Waals surface area contributed by atoms with Gasteiger partial charge in [-0.25, -0.2) is 4.98 Å². The molecular weight excluding hydrogens is 404 g/mol. The highest BCUT2D eigenvalue weighted by molar-refractivity contribution is 6.29. The van der Waals surface area contributed by atoms with Crippen molar-refractivity contribution in [3.63, 3.8) is 0 Å². The molecule has 0 saturated carbocycles. The van der Waals surface area contributed by atoms with Crippen LogP contribution in [-0.2, 0) is 0 Å². The van der Waals surface area contributed by atoms with Crippen molar-refractivity contribution in [1.82, 2.24) is 30.3 Å². The molecule has 152 valence electrons.